The summed E-state index contributed by atoms with van der Waals surface area (Å²) in [6.45, 7) is 1.67. The standard InChI is InChI=1S/C19H13F3N4O2S/c1-10-14(11-5-3-2-4-6-11)15-17(28)23-13(24-18(15)29-10)8-26-7-12(9-27)16(25-26)19(20,21)22/h2-7,9H,8H2,1H3,(H,23,24,28). The first-order valence-electron chi connectivity index (χ1n) is 8.45. The van der Waals surface area contributed by atoms with Crippen LogP contribution >= 0.6 is 11.3 Å². The Kier molecular flexibility index (Phi) is 4.58. The predicted octanol–water partition coefficient (Wildman–Crippen LogP) is 4.04. The molecule has 0 fully saturated rings. The van der Waals surface area contributed by atoms with Gasteiger partial charge in [-0.3, -0.25) is 14.3 Å². The second kappa shape index (κ2) is 6.96. The molecule has 10 heteroatoms. The second-order valence-corrected chi connectivity index (χ2v) is 7.54. The molecule has 0 saturated carbocycles. The number of hydrogen-bond donors (Lipinski definition) is 1. The van der Waals surface area contributed by atoms with Crippen LogP contribution in [0, 0.1) is 6.92 Å². The van der Waals surface area contributed by atoms with Crippen LogP contribution in [0.3, 0.4) is 0 Å². The number of carbonyl (C=O) groups excluding carboxylic acids is 1. The van der Waals surface area contributed by atoms with E-state index in [1.54, 1.807) is 0 Å². The summed E-state index contributed by atoms with van der Waals surface area (Å²) < 4.78 is 39.8. The first kappa shape index (κ1) is 19.1. The van der Waals surface area contributed by atoms with E-state index in [1.165, 1.54) is 11.3 Å². The Morgan fingerprint density at radius 3 is 2.59 bits per heavy atom. The minimum atomic E-state index is -4.75. The molecule has 3 aromatic heterocycles. The molecule has 4 rings (SSSR count). The lowest BCUT2D eigenvalue weighted by atomic mass is 10.0. The van der Waals surface area contributed by atoms with Crippen LogP contribution in [0.2, 0.25) is 0 Å². The molecule has 1 N–H and O–H groups in total. The zero-order valence-electron chi connectivity index (χ0n) is 14.9. The zero-order chi connectivity index (χ0) is 20.8. The first-order chi connectivity index (χ1) is 13.8. The Morgan fingerprint density at radius 2 is 1.97 bits per heavy atom. The van der Waals surface area contributed by atoms with E-state index in [1.807, 2.05) is 37.3 Å². The summed E-state index contributed by atoms with van der Waals surface area (Å²) in [5.41, 5.74) is -0.554. The van der Waals surface area contributed by atoms with Crippen LogP contribution in [0.15, 0.2) is 41.3 Å². The summed E-state index contributed by atoms with van der Waals surface area (Å²) in [7, 11) is 0. The number of aromatic nitrogens is 4. The number of benzene rings is 1. The molecule has 0 aliphatic rings. The van der Waals surface area contributed by atoms with Gasteiger partial charge in [0.15, 0.2) is 12.0 Å². The van der Waals surface area contributed by atoms with Gasteiger partial charge >= 0.3 is 6.18 Å². The van der Waals surface area contributed by atoms with Crippen molar-refractivity contribution in [2.24, 2.45) is 0 Å². The smallest absolute Gasteiger partial charge is 0.308 e. The normalized spacial score (nSPS) is 11.9. The van der Waals surface area contributed by atoms with Crippen LogP contribution in [-0.4, -0.2) is 26.0 Å². The van der Waals surface area contributed by atoms with Crippen molar-refractivity contribution in [3.8, 4) is 11.1 Å². The van der Waals surface area contributed by atoms with Gasteiger partial charge in [0.1, 0.15) is 10.7 Å². The highest BCUT2D eigenvalue weighted by atomic mass is 32.1. The topological polar surface area (TPSA) is 80.6 Å². The van der Waals surface area contributed by atoms with Crippen molar-refractivity contribution in [2.75, 3.05) is 0 Å². The number of H-pyrrole nitrogens is 1. The molecule has 148 valence electrons. The van der Waals surface area contributed by atoms with E-state index in [0.29, 0.717) is 10.2 Å². The molecule has 0 aliphatic heterocycles. The van der Waals surface area contributed by atoms with Gasteiger partial charge in [-0.2, -0.15) is 18.3 Å². The summed E-state index contributed by atoms with van der Waals surface area (Å²) in [4.78, 5) is 32.1. The maximum Gasteiger partial charge on any atom is 0.435 e. The summed E-state index contributed by atoms with van der Waals surface area (Å²) >= 11 is 1.33. The fourth-order valence-electron chi connectivity index (χ4n) is 3.17. The largest absolute Gasteiger partial charge is 0.435 e. The number of nitrogens with one attached hydrogen (secondary N) is 1. The number of aromatic amines is 1. The van der Waals surface area contributed by atoms with Crippen molar-refractivity contribution in [2.45, 2.75) is 19.6 Å². The Bertz CT molecular complexity index is 1270. The van der Waals surface area contributed by atoms with E-state index in [0.717, 1.165) is 26.9 Å². The maximum atomic E-state index is 13.0. The van der Waals surface area contributed by atoms with E-state index >= 15 is 0 Å². The quantitative estimate of drug-likeness (QED) is 0.508. The number of halogens is 3. The highest BCUT2D eigenvalue weighted by molar-refractivity contribution is 7.19. The number of thiophene rings is 1. The van der Waals surface area contributed by atoms with Gasteiger partial charge in [0, 0.05) is 16.6 Å². The van der Waals surface area contributed by atoms with E-state index < -0.39 is 17.4 Å². The van der Waals surface area contributed by atoms with E-state index in [4.69, 9.17) is 0 Å². The summed E-state index contributed by atoms with van der Waals surface area (Å²) in [6, 6.07) is 9.40. The van der Waals surface area contributed by atoms with Crippen molar-refractivity contribution < 1.29 is 18.0 Å². The Morgan fingerprint density at radius 1 is 1.24 bits per heavy atom. The van der Waals surface area contributed by atoms with Gasteiger partial charge in [0.25, 0.3) is 5.56 Å². The summed E-state index contributed by atoms with van der Waals surface area (Å²) in [5.74, 6) is 0.150. The van der Waals surface area contributed by atoms with Gasteiger partial charge in [0.05, 0.1) is 17.5 Å². The highest BCUT2D eigenvalue weighted by Crippen LogP contribution is 2.35. The number of nitrogens with zero attached hydrogens (tertiary/aromatic N) is 3. The average Bonchev–Trinajstić information content (AvgIpc) is 3.22. The lowest BCUT2D eigenvalue weighted by Gasteiger charge is -2.04. The molecule has 0 radical (unpaired) electrons. The van der Waals surface area contributed by atoms with E-state index in [9.17, 15) is 22.8 Å². The van der Waals surface area contributed by atoms with Gasteiger partial charge in [0.2, 0.25) is 0 Å². The van der Waals surface area contributed by atoms with Crippen LogP contribution in [0.4, 0.5) is 13.2 Å². The molecule has 4 aromatic rings. The Labute approximate surface area is 165 Å². The molecule has 1 aromatic carbocycles. The fourth-order valence-corrected chi connectivity index (χ4v) is 4.23. The molecule has 0 saturated heterocycles. The minimum Gasteiger partial charge on any atom is -0.308 e. The monoisotopic (exact) mass is 418 g/mol. The molecule has 29 heavy (non-hydrogen) atoms. The number of fused-ring (bicyclic) bond motifs is 1. The zero-order valence-corrected chi connectivity index (χ0v) is 15.8. The molecular formula is C19H13F3N4O2S. The van der Waals surface area contributed by atoms with Crippen LogP contribution in [0.5, 0.6) is 0 Å². The molecular weight excluding hydrogens is 405 g/mol. The lowest BCUT2D eigenvalue weighted by Crippen LogP contribution is -2.15. The van der Waals surface area contributed by atoms with Gasteiger partial charge < -0.3 is 4.98 Å². The molecule has 0 aliphatic carbocycles. The second-order valence-electron chi connectivity index (χ2n) is 6.34. The lowest BCUT2D eigenvalue weighted by molar-refractivity contribution is -0.141. The van der Waals surface area contributed by atoms with Crippen LogP contribution in [0.25, 0.3) is 21.3 Å². The van der Waals surface area contributed by atoms with E-state index in [-0.39, 0.29) is 24.2 Å². The molecule has 6 nitrogen and oxygen atoms in total. The number of aryl methyl sites for hydroxylation is 1. The van der Waals surface area contributed by atoms with Gasteiger partial charge in [-0.05, 0) is 12.5 Å². The molecule has 0 atom stereocenters. The fraction of sp³-hybridized carbons (Fsp3) is 0.158. The Balaban J connectivity index is 1.77. The van der Waals surface area contributed by atoms with Crippen molar-refractivity contribution in [3.05, 3.63) is 68.8 Å². The SMILES string of the molecule is Cc1sc2nc(Cn3cc(C=O)c(C(F)(F)F)n3)[nH]c(=O)c2c1-c1ccccc1. The number of aldehydes is 1. The third kappa shape index (κ3) is 3.46. The number of carbonyl (C=O) groups is 1. The average molecular weight is 418 g/mol. The van der Waals surface area contributed by atoms with Gasteiger partial charge in [-0.25, -0.2) is 4.98 Å². The van der Waals surface area contributed by atoms with Gasteiger partial charge in [-0.1, -0.05) is 30.3 Å². The summed E-state index contributed by atoms with van der Waals surface area (Å²) in [6.07, 6.45) is -3.67. The third-order valence-corrected chi connectivity index (χ3v) is 5.35. The highest BCUT2D eigenvalue weighted by Gasteiger charge is 2.37. The molecule has 0 bridgehead atoms. The number of alkyl halides is 3. The molecule has 0 spiro atoms. The van der Waals surface area contributed by atoms with Gasteiger partial charge in [-0.15, -0.1) is 11.3 Å². The first-order valence-corrected chi connectivity index (χ1v) is 9.27. The van der Waals surface area contributed by atoms with Crippen molar-refractivity contribution >= 4 is 27.8 Å². The van der Waals surface area contributed by atoms with Crippen molar-refractivity contribution in [1.29, 1.82) is 0 Å². The third-order valence-electron chi connectivity index (χ3n) is 4.35. The Hall–Kier alpha value is -3.27. The molecule has 0 unspecified atom stereocenters. The van der Waals surface area contributed by atoms with E-state index in [2.05, 4.69) is 15.1 Å². The number of rotatable bonds is 4. The number of hydrogen-bond acceptors (Lipinski definition) is 5. The molecule has 0 amide bonds. The van der Waals surface area contributed by atoms with Crippen LogP contribution < -0.4 is 5.56 Å². The summed E-state index contributed by atoms with van der Waals surface area (Å²) in [5, 5.41) is 3.87. The van der Waals surface area contributed by atoms with Crippen LogP contribution in [-0.2, 0) is 12.7 Å². The van der Waals surface area contributed by atoms with Crippen molar-refractivity contribution in [3.63, 3.8) is 0 Å². The minimum absolute atomic E-state index is 0.0977. The van der Waals surface area contributed by atoms with Crippen LogP contribution in [0.1, 0.15) is 26.8 Å². The molecule has 3 heterocycles. The maximum absolute atomic E-state index is 13.0. The predicted molar refractivity (Wildman–Crippen MR) is 102 cm³/mol. The van der Waals surface area contributed by atoms with Crippen molar-refractivity contribution in [1.82, 2.24) is 19.7 Å².